The molecule has 0 aliphatic carbocycles. The second-order valence-corrected chi connectivity index (χ2v) is 7.62. The molecule has 1 unspecified atom stereocenters. The molecule has 0 spiro atoms. The molecule has 1 N–H and O–H groups in total. The van der Waals surface area contributed by atoms with E-state index in [-0.39, 0.29) is 6.42 Å². The number of hydrogen-bond donors (Lipinski definition) is 1. The van der Waals surface area contributed by atoms with Crippen LogP contribution in [0.1, 0.15) is 42.1 Å². The van der Waals surface area contributed by atoms with Crippen LogP contribution < -0.4 is 10.2 Å². The number of halogens is 1. The van der Waals surface area contributed by atoms with Gasteiger partial charge in [-0.2, -0.15) is 0 Å². The van der Waals surface area contributed by atoms with Crippen molar-refractivity contribution in [2.75, 3.05) is 23.3 Å². The van der Waals surface area contributed by atoms with E-state index in [0.29, 0.717) is 11.3 Å². The van der Waals surface area contributed by atoms with Crippen molar-refractivity contribution in [1.29, 1.82) is 0 Å². The van der Waals surface area contributed by atoms with Crippen LogP contribution in [-0.4, -0.2) is 30.6 Å². The molecule has 1 saturated heterocycles. The summed E-state index contributed by atoms with van der Waals surface area (Å²) in [4.78, 5) is 27.6. The Morgan fingerprint density at radius 2 is 1.89 bits per heavy atom. The maximum absolute atomic E-state index is 13.9. The summed E-state index contributed by atoms with van der Waals surface area (Å²) in [6.45, 7) is 3.33. The fourth-order valence-corrected chi connectivity index (χ4v) is 3.93. The first-order valence-electron chi connectivity index (χ1n) is 9.63. The third kappa shape index (κ3) is 3.46. The molecule has 2 heterocycles. The van der Waals surface area contributed by atoms with Gasteiger partial charge in [-0.15, -0.1) is 0 Å². The van der Waals surface area contributed by atoms with Crippen LogP contribution in [0.15, 0.2) is 42.5 Å². The number of carbonyl (C=O) groups is 2. The summed E-state index contributed by atoms with van der Waals surface area (Å²) in [6, 6.07) is 11.5. The smallest absolute Gasteiger partial charge is 0.339 e. The Balaban J connectivity index is 1.60. The monoisotopic (exact) mass is 382 g/mol. The number of piperidine rings is 1. The first-order valence-corrected chi connectivity index (χ1v) is 9.63. The number of carbonyl (C=O) groups excluding carboxylic acids is 2. The van der Waals surface area contributed by atoms with Crippen molar-refractivity contribution in [3.8, 4) is 0 Å². The number of hydrogen-bond acceptors (Lipinski definition) is 4. The molecule has 1 atom stereocenters. The topological polar surface area (TPSA) is 58.6 Å². The molecule has 0 bridgehead atoms. The number of cyclic esters (lactones) is 1. The van der Waals surface area contributed by atoms with Gasteiger partial charge < -0.3 is 15.0 Å². The summed E-state index contributed by atoms with van der Waals surface area (Å²) in [5.41, 5.74) is 1.10. The van der Waals surface area contributed by atoms with Crippen LogP contribution in [0.5, 0.6) is 0 Å². The quantitative estimate of drug-likeness (QED) is 0.818. The maximum Gasteiger partial charge on any atom is 0.339 e. The lowest BCUT2D eigenvalue weighted by atomic mass is 9.89. The third-order valence-electron chi connectivity index (χ3n) is 5.47. The van der Waals surface area contributed by atoms with Crippen LogP contribution in [0.3, 0.4) is 0 Å². The first-order chi connectivity index (χ1) is 13.5. The Bertz CT molecular complexity index is 924. The van der Waals surface area contributed by atoms with Crippen molar-refractivity contribution < 1.29 is 18.7 Å². The number of anilines is 2. The average Bonchev–Trinajstić information content (AvgIpc) is 2.69. The molecule has 2 aromatic rings. The number of rotatable bonds is 3. The van der Waals surface area contributed by atoms with E-state index in [1.54, 1.807) is 25.1 Å². The van der Waals surface area contributed by atoms with Crippen molar-refractivity contribution in [2.45, 2.75) is 38.2 Å². The van der Waals surface area contributed by atoms with Gasteiger partial charge in [0.05, 0.1) is 16.9 Å². The Labute approximate surface area is 163 Å². The fourth-order valence-electron chi connectivity index (χ4n) is 3.93. The predicted octanol–water partition coefficient (Wildman–Crippen LogP) is 3.93. The first kappa shape index (κ1) is 18.5. The summed E-state index contributed by atoms with van der Waals surface area (Å²) in [5, 5.41) is 2.81. The van der Waals surface area contributed by atoms with Crippen molar-refractivity contribution >= 4 is 23.3 Å². The Morgan fingerprint density at radius 3 is 2.68 bits per heavy atom. The SMILES string of the molecule is CC1(C(=O)Nc2cc(F)ccc2N2CCCCC2)Cc2ccccc2C(=O)O1. The van der Waals surface area contributed by atoms with Crippen LogP contribution in [0, 0.1) is 5.82 Å². The van der Waals surface area contributed by atoms with Gasteiger partial charge >= 0.3 is 5.97 Å². The zero-order valence-corrected chi connectivity index (χ0v) is 15.8. The zero-order valence-electron chi connectivity index (χ0n) is 15.8. The number of nitrogens with one attached hydrogen (secondary N) is 1. The van der Waals surface area contributed by atoms with Gasteiger partial charge in [0.2, 0.25) is 0 Å². The van der Waals surface area contributed by atoms with E-state index in [9.17, 15) is 14.0 Å². The van der Waals surface area contributed by atoms with Gasteiger partial charge in [0, 0.05) is 19.5 Å². The van der Waals surface area contributed by atoms with Gasteiger partial charge in [-0.1, -0.05) is 18.2 Å². The van der Waals surface area contributed by atoms with Crippen LogP contribution in [0.25, 0.3) is 0 Å². The van der Waals surface area contributed by atoms with Gasteiger partial charge in [-0.3, -0.25) is 4.79 Å². The van der Waals surface area contributed by atoms with Gasteiger partial charge in [-0.25, -0.2) is 9.18 Å². The van der Waals surface area contributed by atoms with E-state index in [1.807, 2.05) is 12.1 Å². The number of ether oxygens (including phenoxy) is 1. The molecule has 2 aliphatic heterocycles. The molecular weight excluding hydrogens is 359 g/mol. The lowest BCUT2D eigenvalue weighted by Gasteiger charge is -2.34. The molecule has 6 heteroatoms. The maximum atomic E-state index is 13.9. The lowest BCUT2D eigenvalue weighted by molar-refractivity contribution is -0.134. The molecule has 2 aliphatic rings. The van der Waals surface area contributed by atoms with E-state index in [4.69, 9.17) is 4.74 Å². The van der Waals surface area contributed by atoms with E-state index in [2.05, 4.69) is 10.2 Å². The number of amides is 1. The summed E-state index contributed by atoms with van der Waals surface area (Å²) < 4.78 is 19.4. The van der Waals surface area contributed by atoms with Crippen LogP contribution in [0.2, 0.25) is 0 Å². The zero-order chi connectivity index (χ0) is 19.7. The molecule has 1 fully saturated rings. The summed E-state index contributed by atoms with van der Waals surface area (Å²) in [7, 11) is 0. The minimum atomic E-state index is -1.35. The predicted molar refractivity (Wildman–Crippen MR) is 105 cm³/mol. The Kier molecular flexibility index (Phi) is 4.79. The highest BCUT2D eigenvalue weighted by Gasteiger charge is 2.42. The Hall–Kier alpha value is -2.89. The minimum Gasteiger partial charge on any atom is -0.445 e. The number of esters is 1. The highest BCUT2D eigenvalue weighted by Crippen LogP contribution is 2.33. The van der Waals surface area contributed by atoms with E-state index in [0.717, 1.165) is 37.2 Å². The summed E-state index contributed by atoms with van der Waals surface area (Å²) in [6.07, 6.45) is 3.58. The van der Waals surface area contributed by atoms with Crippen LogP contribution in [0.4, 0.5) is 15.8 Å². The van der Waals surface area contributed by atoms with Gasteiger partial charge in [-0.05, 0) is 56.0 Å². The second kappa shape index (κ2) is 7.26. The molecule has 2 aromatic carbocycles. The van der Waals surface area contributed by atoms with Gasteiger partial charge in [0.1, 0.15) is 5.82 Å². The van der Waals surface area contributed by atoms with Gasteiger partial charge in [0.15, 0.2) is 5.60 Å². The van der Waals surface area contributed by atoms with E-state index >= 15 is 0 Å². The molecule has 1 amide bonds. The molecular formula is C22H23FN2O3. The number of benzene rings is 2. The summed E-state index contributed by atoms with van der Waals surface area (Å²) >= 11 is 0. The minimum absolute atomic E-state index is 0.273. The standard InChI is InChI=1S/C22H23FN2O3/c1-22(14-15-7-3-4-8-17(15)20(26)28-22)21(27)24-18-13-16(23)9-10-19(18)25-11-5-2-6-12-25/h3-4,7-10,13H,2,5-6,11-12,14H2,1H3,(H,24,27). The molecule has 28 heavy (non-hydrogen) atoms. The highest BCUT2D eigenvalue weighted by molar-refractivity contribution is 6.03. The van der Waals surface area contributed by atoms with Crippen LogP contribution in [-0.2, 0) is 16.0 Å². The number of fused-ring (bicyclic) bond motifs is 1. The van der Waals surface area contributed by atoms with Crippen molar-refractivity contribution in [3.05, 3.63) is 59.4 Å². The third-order valence-corrected chi connectivity index (χ3v) is 5.47. The fraction of sp³-hybridized carbons (Fsp3) is 0.364. The second-order valence-electron chi connectivity index (χ2n) is 7.62. The Morgan fingerprint density at radius 1 is 1.14 bits per heavy atom. The largest absolute Gasteiger partial charge is 0.445 e. The molecule has 146 valence electrons. The van der Waals surface area contributed by atoms with E-state index < -0.39 is 23.3 Å². The summed E-state index contributed by atoms with van der Waals surface area (Å²) in [5.74, 6) is -1.40. The molecule has 4 rings (SSSR count). The lowest BCUT2D eigenvalue weighted by Crippen LogP contribution is -2.49. The number of nitrogens with zero attached hydrogens (tertiary/aromatic N) is 1. The molecule has 0 saturated carbocycles. The van der Waals surface area contributed by atoms with Crippen molar-refractivity contribution in [2.24, 2.45) is 0 Å². The van der Waals surface area contributed by atoms with Gasteiger partial charge in [0.25, 0.3) is 5.91 Å². The average molecular weight is 382 g/mol. The van der Waals surface area contributed by atoms with Crippen molar-refractivity contribution in [1.82, 2.24) is 0 Å². The van der Waals surface area contributed by atoms with Crippen molar-refractivity contribution in [3.63, 3.8) is 0 Å². The molecule has 5 nitrogen and oxygen atoms in total. The molecule has 0 aromatic heterocycles. The molecule has 0 radical (unpaired) electrons. The normalized spacial score (nSPS) is 21.6. The van der Waals surface area contributed by atoms with Crippen LogP contribution >= 0.6 is 0 Å². The highest BCUT2D eigenvalue weighted by atomic mass is 19.1. The van der Waals surface area contributed by atoms with E-state index in [1.165, 1.54) is 18.6 Å².